The Morgan fingerprint density at radius 1 is 1.33 bits per heavy atom. The van der Waals surface area contributed by atoms with Crippen molar-refractivity contribution in [3.05, 3.63) is 0 Å². The molecule has 4 heteroatoms. The highest BCUT2D eigenvalue weighted by atomic mass is 16.3. The van der Waals surface area contributed by atoms with Crippen LogP contribution < -0.4 is 5.32 Å². The Balaban J connectivity index is 2.70. The first-order valence-electron chi connectivity index (χ1n) is 6.89. The molecule has 1 aliphatic carbocycles. The Labute approximate surface area is 109 Å². The average Bonchev–Trinajstić information content (AvgIpc) is 2.63. The van der Waals surface area contributed by atoms with Gasteiger partial charge in [0.1, 0.15) is 5.41 Å². The van der Waals surface area contributed by atoms with Crippen molar-refractivity contribution in [2.45, 2.75) is 58.4 Å². The van der Waals surface area contributed by atoms with Gasteiger partial charge in [0.15, 0.2) is 0 Å². The number of hydrogen-bond acceptors (Lipinski definition) is 3. The molecule has 2 N–H and O–H groups in total. The molecular weight excluding hydrogens is 228 g/mol. The van der Waals surface area contributed by atoms with E-state index in [1.807, 2.05) is 13.8 Å². The SMILES string of the molecule is CC(CO)C(C)NC(=O)C1(C#N)CCCCCC1. The molecule has 1 saturated carbocycles. The fraction of sp³-hybridized carbons (Fsp3) is 0.857. The first-order valence-corrected chi connectivity index (χ1v) is 6.89. The van der Waals surface area contributed by atoms with Crippen LogP contribution in [0.3, 0.4) is 0 Å². The molecule has 0 heterocycles. The molecule has 0 aromatic rings. The van der Waals surface area contributed by atoms with Crippen molar-refractivity contribution in [2.75, 3.05) is 6.61 Å². The molecule has 102 valence electrons. The summed E-state index contributed by atoms with van der Waals surface area (Å²) in [7, 11) is 0. The highest BCUT2D eigenvalue weighted by molar-refractivity contribution is 5.85. The molecule has 0 spiro atoms. The third kappa shape index (κ3) is 3.46. The number of aliphatic hydroxyl groups excluding tert-OH is 1. The Kier molecular flexibility index (Phi) is 5.61. The Morgan fingerprint density at radius 3 is 2.33 bits per heavy atom. The number of carbonyl (C=O) groups is 1. The van der Waals surface area contributed by atoms with E-state index in [9.17, 15) is 10.1 Å². The van der Waals surface area contributed by atoms with Gasteiger partial charge in [-0.2, -0.15) is 5.26 Å². The van der Waals surface area contributed by atoms with Gasteiger partial charge in [-0.15, -0.1) is 0 Å². The third-order valence-corrected chi connectivity index (χ3v) is 4.11. The smallest absolute Gasteiger partial charge is 0.240 e. The lowest BCUT2D eigenvalue weighted by Crippen LogP contribution is -2.46. The largest absolute Gasteiger partial charge is 0.396 e. The Morgan fingerprint density at radius 2 is 1.89 bits per heavy atom. The molecule has 1 fully saturated rings. The van der Waals surface area contributed by atoms with Crippen LogP contribution >= 0.6 is 0 Å². The van der Waals surface area contributed by atoms with Crippen molar-refractivity contribution in [1.82, 2.24) is 5.32 Å². The third-order valence-electron chi connectivity index (χ3n) is 4.11. The summed E-state index contributed by atoms with van der Waals surface area (Å²) >= 11 is 0. The summed E-state index contributed by atoms with van der Waals surface area (Å²) in [6.07, 6.45) is 5.44. The van der Waals surface area contributed by atoms with Gasteiger partial charge < -0.3 is 10.4 Å². The van der Waals surface area contributed by atoms with Crippen LogP contribution in [0.15, 0.2) is 0 Å². The van der Waals surface area contributed by atoms with Gasteiger partial charge in [0.05, 0.1) is 6.07 Å². The van der Waals surface area contributed by atoms with Gasteiger partial charge in [0.25, 0.3) is 0 Å². The van der Waals surface area contributed by atoms with Crippen LogP contribution in [0.1, 0.15) is 52.4 Å². The van der Waals surface area contributed by atoms with Crippen LogP contribution in [0, 0.1) is 22.7 Å². The van der Waals surface area contributed by atoms with Gasteiger partial charge in [-0.3, -0.25) is 4.79 Å². The van der Waals surface area contributed by atoms with E-state index in [1.54, 1.807) is 0 Å². The second-order valence-electron chi connectivity index (χ2n) is 5.53. The molecule has 0 saturated heterocycles. The molecule has 0 aliphatic heterocycles. The van der Waals surface area contributed by atoms with Crippen molar-refractivity contribution >= 4 is 5.91 Å². The monoisotopic (exact) mass is 252 g/mol. The van der Waals surface area contributed by atoms with E-state index in [-0.39, 0.29) is 24.5 Å². The molecule has 0 radical (unpaired) electrons. The topological polar surface area (TPSA) is 73.1 Å². The molecule has 1 amide bonds. The summed E-state index contributed by atoms with van der Waals surface area (Å²) < 4.78 is 0. The number of hydrogen-bond donors (Lipinski definition) is 2. The molecule has 4 nitrogen and oxygen atoms in total. The van der Waals surface area contributed by atoms with Gasteiger partial charge in [-0.1, -0.05) is 32.6 Å². The lowest BCUT2D eigenvalue weighted by Gasteiger charge is -2.27. The number of nitriles is 1. The predicted octanol–water partition coefficient (Wildman–Crippen LogP) is 1.98. The Bertz CT molecular complexity index is 314. The second-order valence-corrected chi connectivity index (χ2v) is 5.53. The van der Waals surface area contributed by atoms with Crippen LogP contribution in [0.2, 0.25) is 0 Å². The minimum absolute atomic E-state index is 0.00970. The molecule has 0 bridgehead atoms. The second kappa shape index (κ2) is 6.75. The average molecular weight is 252 g/mol. The van der Waals surface area contributed by atoms with E-state index >= 15 is 0 Å². The van der Waals surface area contributed by atoms with Crippen molar-refractivity contribution in [3.8, 4) is 6.07 Å². The van der Waals surface area contributed by atoms with Crippen LogP contribution in [0.5, 0.6) is 0 Å². The number of nitrogens with one attached hydrogen (secondary N) is 1. The van der Waals surface area contributed by atoms with Crippen molar-refractivity contribution in [2.24, 2.45) is 11.3 Å². The maximum atomic E-state index is 12.3. The minimum atomic E-state index is -0.847. The van der Waals surface area contributed by atoms with Gasteiger partial charge in [-0.25, -0.2) is 0 Å². The Hall–Kier alpha value is -1.08. The zero-order valence-electron chi connectivity index (χ0n) is 11.4. The van der Waals surface area contributed by atoms with E-state index in [4.69, 9.17) is 5.11 Å². The molecule has 1 rings (SSSR count). The minimum Gasteiger partial charge on any atom is -0.396 e. The first kappa shape index (κ1) is 15.0. The van der Waals surface area contributed by atoms with Crippen LogP contribution in [-0.2, 0) is 4.79 Å². The molecule has 18 heavy (non-hydrogen) atoms. The zero-order chi connectivity index (χ0) is 13.6. The molecule has 0 aromatic heterocycles. The number of nitrogens with zero attached hydrogens (tertiary/aromatic N) is 1. The summed E-state index contributed by atoms with van der Waals surface area (Å²) in [5.41, 5.74) is -0.847. The van der Waals surface area contributed by atoms with Crippen molar-refractivity contribution < 1.29 is 9.90 Å². The normalized spacial score (nSPS) is 22.3. The lowest BCUT2D eigenvalue weighted by molar-refractivity contribution is -0.129. The first-order chi connectivity index (χ1) is 8.55. The molecule has 0 aromatic carbocycles. The summed E-state index contributed by atoms with van der Waals surface area (Å²) in [4.78, 5) is 12.3. The maximum absolute atomic E-state index is 12.3. The number of aliphatic hydroxyl groups is 1. The highest BCUT2D eigenvalue weighted by Gasteiger charge is 2.39. The number of rotatable bonds is 4. The quantitative estimate of drug-likeness (QED) is 0.751. The van der Waals surface area contributed by atoms with E-state index in [0.717, 1.165) is 25.7 Å². The van der Waals surface area contributed by atoms with Gasteiger partial charge >= 0.3 is 0 Å². The fourth-order valence-corrected chi connectivity index (χ4v) is 2.37. The maximum Gasteiger partial charge on any atom is 0.240 e. The number of carbonyl (C=O) groups excluding carboxylic acids is 1. The molecular formula is C14H24N2O2. The molecule has 2 unspecified atom stereocenters. The van der Waals surface area contributed by atoms with Crippen molar-refractivity contribution in [1.29, 1.82) is 5.26 Å². The summed E-state index contributed by atoms with van der Waals surface area (Å²) in [5, 5.41) is 21.4. The van der Waals surface area contributed by atoms with E-state index in [0.29, 0.717) is 12.8 Å². The zero-order valence-corrected chi connectivity index (χ0v) is 11.4. The van der Waals surface area contributed by atoms with E-state index in [1.165, 1.54) is 0 Å². The van der Waals surface area contributed by atoms with Gasteiger partial charge in [0, 0.05) is 12.6 Å². The highest BCUT2D eigenvalue weighted by Crippen LogP contribution is 2.34. The van der Waals surface area contributed by atoms with Crippen LogP contribution in [0.4, 0.5) is 0 Å². The van der Waals surface area contributed by atoms with Gasteiger partial charge in [0.2, 0.25) is 5.91 Å². The van der Waals surface area contributed by atoms with Crippen LogP contribution in [0.25, 0.3) is 0 Å². The van der Waals surface area contributed by atoms with Crippen molar-refractivity contribution in [3.63, 3.8) is 0 Å². The van der Waals surface area contributed by atoms with Gasteiger partial charge in [-0.05, 0) is 25.7 Å². The molecule has 2 atom stereocenters. The summed E-state index contributed by atoms with van der Waals surface area (Å²) in [6.45, 7) is 3.80. The van der Waals surface area contributed by atoms with Crippen LogP contribution in [-0.4, -0.2) is 23.7 Å². The summed E-state index contributed by atoms with van der Waals surface area (Å²) in [5.74, 6) is -0.143. The fourth-order valence-electron chi connectivity index (χ4n) is 2.37. The van der Waals surface area contributed by atoms with E-state index in [2.05, 4.69) is 11.4 Å². The predicted molar refractivity (Wildman–Crippen MR) is 69.6 cm³/mol. The van der Waals surface area contributed by atoms with E-state index < -0.39 is 5.41 Å². The standard InChI is InChI=1S/C14H24N2O2/c1-11(9-17)12(2)16-13(18)14(10-15)7-5-3-4-6-8-14/h11-12,17H,3-9H2,1-2H3,(H,16,18). The lowest BCUT2D eigenvalue weighted by atomic mass is 9.80. The number of amides is 1. The summed E-state index contributed by atoms with van der Waals surface area (Å²) in [6, 6.07) is 2.14. The molecule has 1 aliphatic rings.